The lowest BCUT2D eigenvalue weighted by Gasteiger charge is -2.11. The monoisotopic (exact) mass is 440 g/mol. The molecule has 2 aromatic carbocycles. The van der Waals surface area contributed by atoms with E-state index < -0.39 is 15.9 Å². The summed E-state index contributed by atoms with van der Waals surface area (Å²) in [5, 5.41) is 21.8. The summed E-state index contributed by atoms with van der Waals surface area (Å²) in [6.07, 6.45) is 0. The average molecular weight is 440 g/mol. The van der Waals surface area contributed by atoms with Gasteiger partial charge in [-0.2, -0.15) is 10.4 Å². The van der Waals surface area contributed by atoms with Gasteiger partial charge in [-0.3, -0.25) is 9.89 Å². The number of nitrogens with one attached hydrogen (secondary N) is 3. The van der Waals surface area contributed by atoms with Crippen LogP contribution in [0.3, 0.4) is 0 Å². The Morgan fingerprint density at radius 1 is 1.13 bits per heavy atom. The molecule has 160 valence electrons. The first-order valence-corrected chi connectivity index (χ1v) is 10.4. The van der Waals surface area contributed by atoms with Gasteiger partial charge < -0.3 is 15.4 Å². The highest BCUT2D eigenvalue weighted by Crippen LogP contribution is 2.25. The lowest BCUT2D eigenvalue weighted by molar-refractivity contribution is 0.102. The van der Waals surface area contributed by atoms with Crippen molar-refractivity contribution < 1.29 is 17.9 Å². The number of methoxy groups -OCH3 is 1. The maximum atomic E-state index is 12.5. The van der Waals surface area contributed by atoms with Gasteiger partial charge in [0.2, 0.25) is 10.0 Å². The third kappa shape index (κ3) is 4.66. The van der Waals surface area contributed by atoms with Crippen molar-refractivity contribution in [1.82, 2.24) is 14.5 Å². The molecule has 0 unspecified atom stereocenters. The molecule has 0 aliphatic carbocycles. The van der Waals surface area contributed by atoms with Crippen molar-refractivity contribution >= 4 is 33.3 Å². The van der Waals surface area contributed by atoms with Crippen LogP contribution >= 0.6 is 0 Å². The summed E-state index contributed by atoms with van der Waals surface area (Å²) in [5.74, 6) is 0.518. The number of aromatic amines is 1. The summed E-state index contributed by atoms with van der Waals surface area (Å²) in [6, 6.07) is 14.5. The number of sulfonamides is 1. The molecular weight excluding hydrogens is 420 g/mol. The minimum atomic E-state index is -3.59. The fraction of sp³-hybridized carbons (Fsp3) is 0.150. The number of nitrogens with zero attached hydrogens (tertiary/aromatic N) is 3. The molecule has 3 N–H and O–H groups in total. The first-order chi connectivity index (χ1) is 14.8. The van der Waals surface area contributed by atoms with Gasteiger partial charge >= 0.3 is 0 Å². The predicted octanol–water partition coefficient (Wildman–Crippen LogP) is 2.54. The third-order valence-corrected chi connectivity index (χ3v) is 6.19. The standard InChI is InChI=1S/C20H20N6O4S/c1-26(2)31(28,29)16-10-4-13(5-11-16)20(27)23-19-17(12-21)18(24-25-19)22-14-6-8-15(30-3)9-7-14/h4-11H,1-3H3,(H3,22,23,24,25,27). The molecule has 0 radical (unpaired) electrons. The maximum absolute atomic E-state index is 12.5. The van der Waals surface area contributed by atoms with Crippen molar-refractivity contribution in [3.05, 3.63) is 59.7 Å². The predicted molar refractivity (Wildman–Crippen MR) is 115 cm³/mol. The van der Waals surface area contributed by atoms with E-state index in [-0.39, 0.29) is 21.8 Å². The van der Waals surface area contributed by atoms with E-state index in [1.165, 1.54) is 38.4 Å². The molecule has 31 heavy (non-hydrogen) atoms. The molecule has 0 saturated heterocycles. The van der Waals surface area contributed by atoms with Crippen LogP contribution in [0.4, 0.5) is 17.3 Å². The van der Waals surface area contributed by atoms with Gasteiger partial charge in [0.15, 0.2) is 5.82 Å². The van der Waals surface area contributed by atoms with E-state index in [1.54, 1.807) is 31.4 Å². The van der Waals surface area contributed by atoms with Crippen LogP contribution in [0.1, 0.15) is 15.9 Å². The lowest BCUT2D eigenvalue weighted by atomic mass is 10.2. The number of hydrogen-bond donors (Lipinski definition) is 3. The van der Waals surface area contributed by atoms with Crippen molar-refractivity contribution in [3.63, 3.8) is 0 Å². The molecule has 3 aromatic rings. The largest absolute Gasteiger partial charge is 0.497 e. The highest BCUT2D eigenvalue weighted by atomic mass is 32.2. The van der Waals surface area contributed by atoms with Gasteiger partial charge in [0.25, 0.3) is 5.91 Å². The van der Waals surface area contributed by atoms with Gasteiger partial charge in [0, 0.05) is 25.3 Å². The van der Waals surface area contributed by atoms with Crippen LogP contribution in [0.25, 0.3) is 0 Å². The van der Waals surface area contributed by atoms with E-state index in [1.807, 2.05) is 6.07 Å². The van der Waals surface area contributed by atoms with E-state index in [0.29, 0.717) is 17.3 Å². The minimum Gasteiger partial charge on any atom is -0.497 e. The van der Waals surface area contributed by atoms with Crippen molar-refractivity contribution in [2.24, 2.45) is 0 Å². The van der Waals surface area contributed by atoms with Crippen molar-refractivity contribution in [2.45, 2.75) is 4.90 Å². The molecule has 1 aromatic heterocycles. The number of amides is 1. The van der Waals surface area contributed by atoms with Gasteiger partial charge in [-0.05, 0) is 48.5 Å². The Kier molecular flexibility index (Phi) is 6.24. The maximum Gasteiger partial charge on any atom is 0.256 e. The zero-order chi connectivity index (χ0) is 22.6. The Morgan fingerprint density at radius 3 is 2.32 bits per heavy atom. The Morgan fingerprint density at radius 2 is 1.77 bits per heavy atom. The molecule has 0 fully saturated rings. The summed E-state index contributed by atoms with van der Waals surface area (Å²) in [4.78, 5) is 12.6. The minimum absolute atomic E-state index is 0.0495. The Hall–Kier alpha value is -3.88. The molecule has 0 atom stereocenters. The molecule has 1 amide bonds. The molecule has 0 aliphatic rings. The lowest BCUT2D eigenvalue weighted by Crippen LogP contribution is -2.22. The summed E-state index contributed by atoms with van der Waals surface area (Å²) in [7, 11) is 0.820. The van der Waals surface area contributed by atoms with Crippen LogP contribution in [-0.2, 0) is 10.0 Å². The van der Waals surface area contributed by atoms with Crippen molar-refractivity contribution in [1.29, 1.82) is 5.26 Å². The number of ether oxygens (including phenoxy) is 1. The second kappa shape index (κ2) is 8.86. The van der Waals surface area contributed by atoms with E-state index in [0.717, 1.165) is 4.31 Å². The molecule has 11 heteroatoms. The molecule has 0 aliphatic heterocycles. The summed E-state index contributed by atoms with van der Waals surface area (Å²) in [5.41, 5.74) is 1.03. The molecule has 3 rings (SSSR count). The number of aromatic nitrogens is 2. The topological polar surface area (TPSA) is 140 Å². The van der Waals surface area contributed by atoms with Crippen LogP contribution in [0.15, 0.2) is 53.4 Å². The highest BCUT2D eigenvalue weighted by Gasteiger charge is 2.19. The Balaban J connectivity index is 1.76. The van der Waals surface area contributed by atoms with E-state index in [9.17, 15) is 18.5 Å². The van der Waals surface area contributed by atoms with E-state index >= 15 is 0 Å². The molecule has 10 nitrogen and oxygen atoms in total. The normalized spacial score (nSPS) is 11.1. The zero-order valence-electron chi connectivity index (χ0n) is 17.0. The number of hydrogen-bond acceptors (Lipinski definition) is 7. The second-order valence-corrected chi connectivity index (χ2v) is 8.71. The SMILES string of the molecule is COc1ccc(Nc2[nH]nc(NC(=O)c3ccc(S(=O)(=O)N(C)C)cc3)c2C#N)cc1. The van der Waals surface area contributed by atoms with Gasteiger partial charge in [-0.1, -0.05) is 0 Å². The number of nitriles is 1. The second-order valence-electron chi connectivity index (χ2n) is 6.55. The summed E-state index contributed by atoms with van der Waals surface area (Å²) in [6.45, 7) is 0. The molecule has 1 heterocycles. The van der Waals surface area contributed by atoms with E-state index in [4.69, 9.17) is 4.74 Å². The van der Waals surface area contributed by atoms with Gasteiger partial charge in [0.05, 0.1) is 12.0 Å². The third-order valence-electron chi connectivity index (χ3n) is 4.36. The smallest absolute Gasteiger partial charge is 0.256 e. The number of rotatable bonds is 7. The van der Waals surface area contributed by atoms with Crippen LogP contribution in [-0.4, -0.2) is 50.0 Å². The fourth-order valence-electron chi connectivity index (χ4n) is 2.62. The van der Waals surface area contributed by atoms with Crippen LogP contribution in [0, 0.1) is 11.3 Å². The molecule has 0 spiro atoms. The first-order valence-electron chi connectivity index (χ1n) is 8.99. The molecule has 0 bridgehead atoms. The van der Waals surface area contributed by atoms with Crippen LogP contribution in [0.2, 0.25) is 0 Å². The number of H-pyrrole nitrogens is 1. The van der Waals surface area contributed by atoms with Gasteiger partial charge in [-0.15, -0.1) is 0 Å². The first kappa shape index (κ1) is 21.8. The fourth-order valence-corrected chi connectivity index (χ4v) is 3.52. The number of anilines is 3. The van der Waals surface area contributed by atoms with Crippen LogP contribution in [0.5, 0.6) is 5.75 Å². The van der Waals surface area contributed by atoms with Crippen molar-refractivity contribution in [2.75, 3.05) is 31.8 Å². The van der Waals surface area contributed by atoms with Gasteiger partial charge in [-0.25, -0.2) is 12.7 Å². The number of carbonyl (C=O) groups is 1. The zero-order valence-corrected chi connectivity index (χ0v) is 17.8. The summed E-state index contributed by atoms with van der Waals surface area (Å²) < 4.78 is 30.5. The van der Waals surface area contributed by atoms with Crippen LogP contribution < -0.4 is 15.4 Å². The Bertz CT molecular complexity index is 1230. The number of carbonyl (C=O) groups excluding carboxylic acids is 1. The quantitative estimate of drug-likeness (QED) is 0.513. The van der Waals surface area contributed by atoms with Gasteiger partial charge in [0.1, 0.15) is 23.2 Å². The van der Waals surface area contributed by atoms with Crippen molar-refractivity contribution in [3.8, 4) is 11.8 Å². The number of benzene rings is 2. The molecule has 0 saturated carbocycles. The highest BCUT2D eigenvalue weighted by molar-refractivity contribution is 7.89. The summed E-state index contributed by atoms with van der Waals surface area (Å²) >= 11 is 0. The Labute approximate surface area is 179 Å². The average Bonchev–Trinajstić information content (AvgIpc) is 3.15. The molecular formula is C20H20N6O4S. The van der Waals surface area contributed by atoms with E-state index in [2.05, 4.69) is 20.8 Å².